The predicted molar refractivity (Wildman–Crippen MR) is 106 cm³/mol. The number of benzene rings is 2. The van der Waals surface area contributed by atoms with Crippen LogP contribution >= 0.6 is 11.6 Å². The van der Waals surface area contributed by atoms with E-state index < -0.39 is 10.0 Å². The number of hydrogen-bond donors (Lipinski definition) is 0. The molecule has 1 saturated carbocycles. The summed E-state index contributed by atoms with van der Waals surface area (Å²) in [6, 6.07) is 12.3. The zero-order chi connectivity index (χ0) is 19.9. The fourth-order valence-corrected chi connectivity index (χ4v) is 4.91. The minimum atomic E-state index is -3.66. The highest BCUT2D eigenvalue weighted by Gasteiger charge is 2.39. The van der Waals surface area contributed by atoms with E-state index in [1.807, 2.05) is 32.0 Å². The summed E-state index contributed by atoms with van der Waals surface area (Å²) in [5.74, 6) is 0.522. The Morgan fingerprint density at radius 2 is 1.86 bits per heavy atom. The van der Waals surface area contributed by atoms with Gasteiger partial charge in [0.1, 0.15) is 0 Å². The van der Waals surface area contributed by atoms with E-state index in [0.29, 0.717) is 10.6 Å². The second-order valence-corrected chi connectivity index (χ2v) is 9.31. The predicted octanol–water partition coefficient (Wildman–Crippen LogP) is 4.36. The van der Waals surface area contributed by atoms with E-state index in [9.17, 15) is 8.42 Å². The molecule has 0 unspecified atom stereocenters. The van der Waals surface area contributed by atoms with Crippen LogP contribution in [0, 0.1) is 13.8 Å². The average molecular weight is 418 g/mol. The Morgan fingerprint density at radius 3 is 2.54 bits per heavy atom. The molecule has 146 valence electrons. The SMILES string of the molecule is Cc1ccc(S(=O)(=O)N(Cc2nnc(-c3ccccc3Cl)o2)C2CC2)cc1C. The first-order chi connectivity index (χ1) is 13.4. The molecular formula is C20H20ClN3O3S. The van der Waals surface area contributed by atoms with Crippen LogP contribution in [0.2, 0.25) is 5.02 Å². The van der Waals surface area contributed by atoms with Crippen molar-refractivity contribution in [1.29, 1.82) is 0 Å². The van der Waals surface area contributed by atoms with Gasteiger partial charge in [-0.1, -0.05) is 29.8 Å². The maximum Gasteiger partial charge on any atom is 0.249 e. The van der Waals surface area contributed by atoms with Crippen LogP contribution in [0.5, 0.6) is 0 Å². The standard InChI is InChI=1S/C20H20ClN3O3S/c1-13-7-10-16(11-14(13)2)28(25,26)24(15-8-9-15)12-19-22-23-20(27-19)17-5-3-4-6-18(17)21/h3-7,10-11,15H,8-9,12H2,1-2H3. The number of sulfonamides is 1. The monoisotopic (exact) mass is 417 g/mol. The van der Waals surface area contributed by atoms with Gasteiger partial charge in [0.25, 0.3) is 0 Å². The Morgan fingerprint density at radius 1 is 1.11 bits per heavy atom. The first-order valence-corrected chi connectivity index (χ1v) is 10.8. The number of hydrogen-bond acceptors (Lipinski definition) is 5. The van der Waals surface area contributed by atoms with Crippen molar-refractivity contribution < 1.29 is 12.8 Å². The van der Waals surface area contributed by atoms with Gasteiger partial charge in [0.2, 0.25) is 21.8 Å². The van der Waals surface area contributed by atoms with E-state index in [2.05, 4.69) is 10.2 Å². The zero-order valence-electron chi connectivity index (χ0n) is 15.6. The molecular weight excluding hydrogens is 398 g/mol. The summed E-state index contributed by atoms with van der Waals surface area (Å²) in [6.07, 6.45) is 1.66. The highest BCUT2D eigenvalue weighted by molar-refractivity contribution is 7.89. The van der Waals surface area contributed by atoms with Crippen LogP contribution in [0.3, 0.4) is 0 Å². The van der Waals surface area contributed by atoms with Crippen molar-refractivity contribution in [3.8, 4) is 11.5 Å². The molecule has 0 amide bonds. The van der Waals surface area contributed by atoms with Gasteiger partial charge in [-0.2, -0.15) is 4.31 Å². The normalized spacial score (nSPS) is 14.6. The van der Waals surface area contributed by atoms with Gasteiger partial charge in [-0.05, 0) is 62.1 Å². The Hall–Kier alpha value is -2.22. The van der Waals surface area contributed by atoms with Gasteiger partial charge < -0.3 is 4.42 Å². The summed E-state index contributed by atoms with van der Waals surface area (Å²) >= 11 is 6.18. The van der Waals surface area contributed by atoms with Crippen molar-refractivity contribution in [3.63, 3.8) is 0 Å². The second-order valence-electron chi connectivity index (χ2n) is 7.01. The molecule has 0 aliphatic heterocycles. The van der Waals surface area contributed by atoms with E-state index in [1.165, 1.54) is 4.31 Å². The first-order valence-electron chi connectivity index (χ1n) is 9.02. The fourth-order valence-electron chi connectivity index (χ4n) is 2.98. The molecule has 0 N–H and O–H groups in total. The molecule has 0 radical (unpaired) electrons. The van der Waals surface area contributed by atoms with E-state index in [-0.39, 0.29) is 29.3 Å². The average Bonchev–Trinajstić information content (AvgIpc) is 3.40. The van der Waals surface area contributed by atoms with Crippen LogP contribution in [0.4, 0.5) is 0 Å². The highest BCUT2D eigenvalue weighted by atomic mass is 35.5. The summed E-state index contributed by atoms with van der Waals surface area (Å²) < 4.78 is 33.6. The molecule has 0 spiro atoms. The topological polar surface area (TPSA) is 76.3 Å². The van der Waals surface area contributed by atoms with Crippen molar-refractivity contribution in [2.45, 2.75) is 44.2 Å². The number of aromatic nitrogens is 2. The van der Waals surface area contributed by atoms with Crippen LogP contribution in [-0.4, -0.2) is 29.0 Å². The third-order valence-electron chi connectivity index (χ3n) is 4.90. The minimum Gasteiger partial charge on any atom is -0.419 e. The summed E-state index contributed by atoms with van der Waals surface area (Å²) in [7, 11) is -3.66. The van der Waals surface area contributed by atoms with Gasteiger partial charge in [-0.3, -0.25) is 0 Å². The van der Waals surface area contributed by atoms with E-state index in [1.54, 1.807) is 24.3 Å². The Labute approximate surface area is 169 Å². The smallest absolute Gasteiger partial charge is 0.249 e. The fraction of sp³-hybridized carbons (Fsp3) is 0.300. The minimum absolute atomic E-state index is 0.0391. The van der Waals surface area contributed by atoms with E-state index >= 15 is 0 Å². The molecule has 6 nitrogen and oxygen atoms in total. The largest absolute Gasteiger partial charge is 0.419 e. The molecule has 2 aromatic carbocycles. The van der Waals surface area contributed by atoms with Crippen molar-refractivity contribution in [2.75, 3.05) is 0 Å². The number of rotatable bonds is 6. The molecule has 1 fully saturated rings. The van der Waals surface area contributed by atoms with Gasteiger partial charge in [-0.25, -0.2) is 8.42 Å². The van der Waals surface area contributed by atoms with Crippen molar-refractivity contribution in [3.05, 3.63) is 64.5 Å². The lowest BCUT2D eigenvalue weighted by molar-refractivity contribution is 0.351. The molecule has 8 heteroatoms. The van der Waals surface area contributed by atoms with Crippen LogP contribution in [-0.2, 0) is 16.6 Å². The second kappa shape index (κ2) is 7.31. The highest BCUT2D eigenvalue weighted by Crippen LogP contribution is 2.34. The molecule has 3 aromatic rings. The maximum atomic E-state index is 13.2. The zero-order valence-corrected chi connectivity index (χ0v) is 17.2. The van der Waals surface area contributed by atoms with E-state index in [4.69, 9.17) is 16.0 Å². The number of aryl methyl sites for hydroxylation is 2. The van der Waals surface area contributed by atoms with Gasteiger partial charge >= 0.3 is 0 Å². The first kappa shape index (κ1) is 19.1. The van der Waals surface area contributed by atoms with Crippen molar-refractivity contribution in [2.24, 2.45) is 0 Å². The molecule has 1 aliphatic rings. The molecule has 1 aromatic heterocycles. The van der Waals surface area contributed by atoms with Crippen molar-refractivity contribution >= 4 is 21.6 Å². The lowest BCUT2D eigenvalue weighted by atomic mass is 10.1. The number of nitrogens with zero attached hydrogens (tertiary/aromatic N) is 3. The Bertz CT molecular complexity index is 1120. The maximum absolute atomic E-state index is 13.2. The van der Waals surface area contributed by atoms with Crippen LogP contribution in [0.25, 0.3) is 11.5 Å². The van der Waals surface area contributed by atoms with Gasteiger partial charge in [0, 0.05) is 6.04 Å². The van der Waals surface area contributed by atoms with Gasteiger partial charge in [-0.15, -0.1) is 10.2 Å². The Kier molecular flexibility index (Phi) is 4.99. The molecule has 0 atom stereocenters. The molecule has 1 aliphatic carbocycles. The third kappa shape index (κ3) is 3.70. The van der Waals surface area contributed by atoms with Crippen LogP contribution in [0.1, 0.15) is 29.9 Å². The summed E-state index contributed by atoms with van der Waals surface area (Å²) in [4.78, 5) is 0.286. The number of halogens is 1. The van der Waals surface area contributed by atoms with E-state index in [0.717, 1.165) is 24.0 Å². The van der Waals surface area contributed by atoms with Gasteiger partial charge in [0.15, 0.2) is 0 Å². The quantitative estimate of drug-likeness (QED) is 0.595. The molecule has 0 bridgehead atoms. The summed E-state index contributed by atoms with van der Waals surface area (Å²) in [5.41, 5.74) is 2.62. The summed E-state index contributed by atoms with van der Waals surface area (Å²) in [6.45, 7) is 3.90. The Balaban J connectivity index is 1.63. The van der Waals surface area contributed by atoms with Crippen LogP contribution < -0.4 is 0 Å². The van der Waals surface area contributed by atoms with Gasteiger partial charge in [0.05, 0.1) is 22.0 Å². The van der Waals surface area contributed by atoms with Crippen LogP contribution in [0.15, 0.2) is 51.8 Å². The molecule has 0 saturated heterocycles. The molecule has 28 heavy (non-hydrogen) atoms. The lowest BCUT2D eigenvalue weighted by Gasteiger charge is -2.20. The third-order valence-corrected chi connectivity index (χ3v) is 7.13. The molecule has 1 heterocycles. The summed E-state index contributed by atoms with van der Waals surface area (Å²) in [5, 5.41) is 8.58. The lowest BCUT2D eigenvalue weighted by Crippen LogP contribution is -2.32. The van der Waals surface area contributed by atoms with Crippen molar-refractivity contribution in [1.82, 2.24) is 14.5 Å². The molecule has 4 rings (SSSR count).